The van der Waals surface area contributed by atoms with Gasteiger partial charge in [0.2, 0.25) is 0 Å². The highest BCUT2D eigenvalue weighted by Gasteiger charge is 2.98. The van der Waals surface area contributed by atoms with Crippen molar-refractivity contribution in [3.63, 3.8) is 0 Å². The zero-order chi connectivity index (χ0) is 42.1. The third kappa shape index (κ3) is 6.12. The van der Waals surface area contributed by atoms with E-state index < -0.39 is 93.0 Å². The highest BCUT2D eigenvalue weighted by Crippen LogP contribution is 2.67. The standard InChI is InChI=1S/C26H16F20N4O4/c1-53-13-7-3-11(4-8-13)47-15(51)17(27,19(29,30)31)21(35,36)49-23(39,40)25(43,44)50(26(45,46)24(49,41)42)22(37,38)18(28,20(32,33)34)16(52)48-12-5-9-14(54-2)10-6-12/h3-10H,1-2H3,(H,47,51)(H,48,52)/t17-,18-/m1/s1. The number of nitrogens with one attached hydrogen (secondary N) is 2. The van der Waals surface area contributed by atoms with Crippen molar-refractivity contribution in [3.05, 3.63) is 48.5 Å². The van der Waals surface area contributed by atoms with Crippen molar-refractivity contribution >= 4 is 23.2 Å². The molecule has 0 aromatic heterocycles. The summed E-state index contributed by atoms with van der Waals surface area (Å²) < 4.78 is 304. The lowest BCUT2D eigenvalue weighted by Crippen LogP contribution is -2.90. The molecule has 2 N–H and O–H groups in total. The Labute approximate surface area is 285 Å². The van der Waals surface area contributed by atoms with Crippen LogP contribution in [0.1, 0.15) is 0 Å². The number of ether oxygens (including phenoxy) is 2. The molecule has 0 aliphatic carbocycles. The Kier molecular flexibility index (Phi) is 10.6. The number of rotatable bonds is 10. The predicted octanol–water partition coefficient (Wildman–Crippen LogP) is 8.00. The monoisotopic (exact) mass is 828 g/mol. The zero-order valence-corrected chi connectivity index (χ0v) is 25.7. The molecule has 1 fully saturated rings. The van der Waals surface area contributed by atoms with E-state index in [1.54, 1.807) is 0 Å². The van der Waals surface area contributed by atoms with Gasteiger partial charge in [0.05, 0.1) is 14.2 Å². The Bertz CT molecular complexity index is 1560. The topological polar surface area (TPSA) is 83.1 Å². The fraction of sp³-hybridized carbons (Fsp3) is 0.462. The Morgan fingerprint density at radius 1 is 0.481 bits per heavy atom. The summed E-state index contributed by atoms with van der Waals surface area (Å²) in [6.45, 7) is 0. The largest absolute Gasteiger partial charge is 0.497 e. The van der Waals surface area contributed by atoms with Gasteiger partial charge in [-0.1, -0.05) is 0 Å². The van der Waals surface area contributed by atoms with Crippen LogP contribution in [0.5, 0.6) is 11.5 Å². The number of alkyl halides is 20. The van der Waals surface area contributed by atoms with Crippen molar-refractivity contribution in [2.24, 2.45) is 0 Å². The molecule has 0 bridgehead atoms. The van der Waals surface area contributed by atoms with Gasteiger partial charge in [-0.3, -0.25) is 9.59 Å². The van der Waals surface area contributed by atoms with E-state index >= 15 is 61.5 Å². The van der Waals surface area contributed by atoms with Gasteiger partial charge in [0.15, 0.2) is 0 Å². The molecule has 2 atom stereocenters. The summed E-state index contributed by atoms with van der Waals surface area (Å²) in [6, 6.07) is -47.3. The summed E-state index contributed by atoms with van der Waals surface area (Å²) in [4.78, 5) is 15.1. The summed E-state index contributed by atoms with van der Waals surface area (Å²) in [6.07, 6.45) is -15.8. The van der Waals surface area contributed by atoms with E-state index in [0.717, 1.165) is 14.2 Å². The van der Waals surface area contributed by atoms with Crippen LogP contribution in [0.15, 0.2) is 48.5 Å². The average molecular weight is 828 g/mol. The van der Waals surface area contributed by atoms with E-state index in [1.807, 2.05) is 0 Å². The smallest absolute Gasteiger partial charge is 0.439 e. The molecule has 3 rings (SSSR count). The van der Waals surface area contributed by atoms with Gasteiger partial charge in [-0.15, -0.1) is 9.80 Å². The molecule has 1 heterocycles. The molecule has 304 valence electrons. The number of carbonyl (C=O) groups is 2. The quantitative estimate of drug-likeness (QED) is 0.187. The third-order valence-corrected chi connectivity index (χ3v) is 7.34. The first-order valence-corrected chi connectivity index (χ1v) is 13.4. The number of hydrogen-bond acceptors (Lipinski definition) is 6. The van der Waals surface area contributed by atoms with Crippen LogP contribution in [0.25, 0.3) is 0 Å². The number of benzene rings is 2. The number of nitrogens with zero attached hydrogens (tertiary/aromatic N) is 2. The zero-order valence-electron chi connectivity index (χ0n) is 25.7. The van der Waals surface area contributed by atoms with Crippen LogP contribution in [0, 0.1) is 0 Å². The average Bonchev–Trinajstić information content (AvgIpc) is 3.01. The van der Waals surface area contributed by atoms with Crippen molar-refractivity contribution < 1.29 is 107 Å². The van der Waals surface area contributed by atoms with E-state index in [0.29, 0.717) is 59.2 Å². The molecule has 2 aromatic carbocycles. The first-order valence-electron chi connectivity index (χ1n) is 13.4. The molecule has 2 amide bonds. The number of piperazine rings is 1. The van der Waals surface area contributed by atoms with Crippen LogP contribution >= 0.6 is 0 Å². The molecule has 0 radical (unpaired) electrons. The van der Waals surface area contributed by atoms with Crippen LogP contribution in [0.2, 0.25) is 0 Å². The van der Waals surface area contributed by atoms with Gasteiger partial charge in [0.25, 0.3) is 11.8 Å². The van der Waals surface area contributed by atoms with Crippen molar-refractivity contribution in [3.8, 4) is 11.5 Å². The van der Waals surface area contributed by atoms with Gasteiger partial charge in [0, 0.05) is 11.4 Å². The Morgan fingerprint density at radius 2 is 0.704 bits per heavy atom. The minimum absolute atomic E-state index is 0.250. The summed E-state index contributed by atoms with van der Waals surface area (Å²) in [5, 5.41) is 1.15. The molecule has 1 aliphatic heterocycles. The number of methoxy groups -OCH3 is 2. The summed E-state index contributed by atoms with van der Waals surface area (Å²) in [5.74, 6) is -8.68. The highest BCUT2D eigenvalue weighted by molar-refractivity contribution is 5.99. The minimum Gasteiger partial charge on any atom is -0.497 e. The predicted molar refractivity (Wildman–Crippen MR) is 136 cm³/mol. The maximum Gasteiger partial charge on any atom is 0.439 e. The summed E-state index contributed by atoms with van der Waals surface area (Å²) in [5.41, 5.74) is -18.1. The summed E-state index contributed by atoms with van der Waals surface area (Å²) >= 11 is 0. The maximum atomic E-state index is 15.4. The molecule has 8 nitrogen and oxygen atoms in total. The van der Waals surface area contributed by atoms with Crippen LogP contribution in [-0.2, 0) is 9.59 Å². The van der Waals surface area contributed by atoms with Crippen molar-refractivity contribution in [1.29, 1.82) is 0 Å². The SMILES string of the molecule is COc1ccc(NC(=O)[C@@](F)(C(F)(F)F)C(F)(F)N2C(F)(F)C(F)(F)N(C(F)(F)[C@@](F)(C(=O)Nc3ccc(OC)cc3)C(F)(F)F)C(F)(F)C2(F)F)cc1. The lowest BCUT2D eigenvalue weighted by Gasteiger charge is -2.57. The molecule has 1 saturated heterocycles. The molecule has 28 heteroatoms. The molecule has 0 spiro atoms. The van der Waals surface area contributed by atoms with Crippen LogP contribution in [0.4, 0.5) is 99.2 Å². The van der Waals surface area contributed by atoms with Gasteiger partial charge < -0.3 is 20.1 Å². The van der Waals surface area contributed by atoms with Gasteiger partial charge in [-0.05, 0) is 48.5 Å². The molecular weight excluding hydrogens is 812 g/mol. The molecule has 0 saturated carbocycles. The van der Waals surface area contributed by atoms with Gasteiger partial charge in [-0.2, -0.15) is 79.0 Å². The molecule has 0 unspecified atom stereocenters. The molecule has 2 aromatic rings. The van der Waals surface area contributed by atoms with Crippen LogP contribution in [0.3, 0.4) is 0 Å². The van der Waals surface area contributed by atoms with Gasteiger partial charge in [0.1, 0.15) is 11.5 Å². The second-order valence-corrected chi connectivity index (χ2v) is 10.6. The van der Waals surface area contributed by atoms with E-state index in [4.69, 9.17) is 0 Å². The van der Waals surface area contributed by atoms with E-state index in [-0.39, 0.29) is 11.5 Å². The number of halogens is 20. The van der Waals surface area contributed by atoms with Crippen LogP contribution in [-0.4, -0.2) is 95.8 Å². The Morgan fingerprint density at radius 3 is 0.889 bits per heavy atom. The number of carbonyl (C=O) groups excluding carboxylic acids is 2. The lowest BCUT2D eigenvalue weighted by atomic mass is 9.94. The maximum absolute atomic E-state index is 15.4. The second-order valence-electron chi connectivity index (χ2n) is 10.6. The van der Waals surface area contributed by atoms with Crippen molar-refractivity contribution in [2.75, 3.05) is 24.9 Å². The first kappa shape index (κ1) is 43.9. The van der Waals surface area contributed by atoms with E-state index in [2.05, 4.69) is 9.47 Å². The normalized spacial score (nSPS) is 21.3. The Balaban J connectivity index is 2.28. The number of amides is 2. The fourth-order valence-corrected chi connectivity index (χ4v) is 4.56. The van der Waals surface area contributed by atoms with E-state index in [1.165, 1.54) is 0 Å². The third-order valence-electron chi connectivity index (χ3n) is 7.34. The number of anilines is 2. The van der Waals surface area contributed by atoms with Gasteiger partial charge >= 0.3 is 60.0 Å². The number of hydrogen-bond donors (Lipinski definition) is 2. The second kappa shape index (κ2) is 13.1. The van der Waals surface area contributed by atoms with E-state index in [9.17, 15) is 35.9 Å². The fourth-order valence-electron chi connectivity index (χ4n) is 4.56. The highest BCUT2D eigenvalue weighted by atomic mass is 19.4. The van der Waals surface area contributed by atoms with Gasteiger partial charge in [-0.25, -0.2) is 8.78 Å². The van der Waals surface area contributed by atoms with Crippen molar-refractivity contribution in [1.82, 2.24) is 9.80 Å². The minimum atomic E-state index is -8.60. The molecular formula is C26H16F20N4O4. The Hall–Kier alpha value is -4.50. The molecule has 54 heavy (non-hydrogen) atoms. The summed E-state index contributed by atoms with van der Waals surface area (Å²) in [7, 11) is 1.89. The first-order chi connectivity index (χ1) is 24.1. The molecule has 1 aliphatic rings. The van der Waals surface area contributed by atoms with Crippen LogP contribution < -0.4 is 20.1 Å². The van der Waals surface area contributed by atoms with Crippen molar-refractivity contribution in [2.45, 2.75) is 60.0 Å². The lowest BCUT2D eigenvalue weighted by molar-refractivity contribution is -0.576.